The number of H-pyrrole nitrogens is 1. The van der Waals surface area contributed by atoms with Gasteiger partial charge in [0.05, 0.1) is 5.52 Å². The highest BCUT2D eigenvalue weighted by Gasteiger charge is 2.15. The molecule has 1 aromatic heterocycles. The molecule has 5 nitrogen and oxygen atoms in total. The maximum absolute atomic E-state index is 11.1. The summed E-state index contributed by atoms with van der Waals surface area (Å²) in [5.74, 6) is -0.413. The average molecular weight is 263 g/mol. The SMILES string of the molecule is CC(C)(CCN)CNCc1ccc2[nH]c(=O)oc2c1. The maximum atomic E-state index is 11.1. The molecule has 0 bridgehead atoms. The smallest absolute Gasteiger partial charge is 0.408 e. The van der Waals surface area contributed by atoms with Crippen molar-refractivity contribution in [3.63, 3.8) is 0 Å². The van der Waals surface area contributed by atoms with Crippen LogP contribution in [0.4, 0.5) is 0 Å². The third kappa shape index (κ3) is 3.68. The number of hydrogen-bond acceptors (Lipinski definition) is 4. The van der Waals surface area contributed by atoms with Crippen LogP contribution in [-0.2, 0) is 6.54 Å². The van der Waals surface area contributed by atoms with Crippen molar-refractivity contribution in [1.82, 2.24) is 10.3 Å². The van der Waals surface area contributed by atoms with E-state index in [9.17, 15) is 4.79 Å². The van der Waals surface area contributed by atoms with Crippen molar-refractivity contribution < 1.29 is 4.42 Å². The van der Waals surface area contributed by atoms with Gasteiger partial charge in [0.15, 0.2) is 5.58 Å². The van der Waals surface area contributed by atoms with Gasteiger partial charge in [-0.3, -0.25) is 4.98 Å². The van der Waals surface area contributed by atoms with E-state index >= 15 is 0 Å². The van der Waals surface area contributed by atoms with Gasteiger partial charge >= 0.3 is 5.76 Å². The summed E-state index contributed by atoms with van der Waals surface area (Å²) in [5.41, 5.74) is 8.21. The highest BCUT2D eigenvalue weighted by Crippen LogP contribution is 2.18. The molecule has 0 aliphatic heterocycles. The number of oxazole rings is 1. The zero-order chi connectivity index (χ0) is 13.9. The first kappa shape index (κ1) is 13.8. The first-order chi connectivity index (χ1) is 9.00. The average Bonchev–Trinajstić information content (AvgIpc) is 2.68. The highest BCUT2D eigenvalue weighted by molar-refractivity contribution is 5.72. The maximum Gasteiger partial charge on any atom is 0.417 e. The molecule has 4 N–H and O–H groups in total. The Balaban J connectivity index is 1.96. The van der Waals surface area contributed by atoms with E-state index in [-0.39, 0.29) is 5.41 Å². The van der Waals surface area contributed by atoms with Crippen LogP contribution in [0.15, 0.2) is 27.4 Å². The normalized spacial score (nSPS) is 12.2. The van der Waals surface area contributed by atoms with Crippen molar-refractivity contribution in [3.8, 4) is 0 Å². The molecule has 1 heterocycles. The van der Waals surface area contributed by atoms with Crippen LogP contribution in [-0.4, -0.2) is 18.1 Å². The van der Waals surface area contributed by atoms with Crippen LogP contribution in [0.2, 0.25) is 0 Å². The van der Waals surface area contributed by atoms with E-state index in [4.69, 9.17) is 10.2 Å². The summed E-state index contributed by atoms with van der Waals surface area (Å²) in [6.07, 6.45) is 0.992. The van der Waals surface area contributed by atoms with Gasteiger partial charge in [0.2, 0.25) is 0 Å². The lowest BCUT2D eigenvalue weighted by molar-refractivity contribution is 0.319. The predicted molar refractivity (Wildman–Crippen MR) is 76.0 cm³/mol. The Hall–Kier alpha value is -1.59. The molecular formula is C14H21N3O2. The minimum Gasteiger partial charge on any atom is -0.408 e. The minimum absolute atomic E-state index is 0.194. The van der Waals surface area contributed by atoms with Crippen LogP contribution < -0.4 is 16.8 Å². The van der Waals surface area contributed by atoms with Crippen LogP contribution in [0.25, 0.3) is 11.1 Å². The van der Waals surface area contributed by atoms with Crippen molar-refractivity contribution in [2.45, 2.75) is 26.8 Å². The fourth-order valence-corrected chi connectivity index (χ4v) is 2.12. The second kappa shape index (κ2) is 5.59. The van der Waals surface area contributed by atoms with Crippen LogP contribution in [0, 0.1) is 5.41 Å². The van der Waals surface area contributed by atoms with Gasteiger partial charge in [-0.1, -0.05) is 19.9 Å². The number of nitrogens with one attached hydrogen (secondary N) is 2. The molecule has 2 rings (SSSR count). The van der Waals surface area contributed by atoms with Gasteiger partial charge in [0, 0.05) is 13.1 Å². The van der Waals surface area contributed by atoms with E-state index in [1.165, 1.54) is 0 Å². The van der Waals surface area contributed by atoms with Gasteiger partial charge in [-0.2, -0.15) is 0 Å². The summed E-state index contributed by atoms with van der Waals surface area (Å²) in [5, 5.41) is 3.41. The Labute approximate surface area is 112 Å². The van der Waals surface area contributed by atoms with Gasteiger partial charge in [-0.05, 0) is 36.1 Å². The molecule has 19 heavy (non-hydrogen) atoms. The lowest BCUT2D eigenvalue weighted by Gasteiger charge is -2.24. The third-order valence-corrected chi connectivity index (χ3v) is 3.24. The second-order valence-electron chi connectivity index (χ2n) is 5.65. The van der Waals surface area contributed by atoms with Crippen molar-refractivity contribution >= 4 is 11.1 Å². The molecule has 104 valence electrons. The van der Waals surface area contributed by atoms with Crippen molar-refractivity contribution in [1.29, 1.82) is 0 Å². The molecule has 0 aliphatic carbocycles. The first-order valence-electron chi connectivity index (χ1n) is 6.53. The van der Waals surface area contributed by atoms with E-state index in [0.717, 1.165) is 30.6 Å². The molecule has 0 saturated carbocycles. The van der Waals surface area contributed by atoms with Crippen LogP contribution in [0.3, 0.4) is 0 Å². The third-order valence-electron chi connectivity index (χ3n) is 3.24. The number of aromatic nitrogens is 1. The van der Waals surface area contributed by atoms with E-state index in [1.54, 1.807) is 0 Å². The molecule has 1 aromatic carbocycles. The molecule has 0 fully saturated rings. The van der Waals surface area contributed by atoms with Crippen LogP contribution >= 0.6 is 0 Å². The molecule has 0 spiro atoms. The quantitative estimate of drug-likeness (QED) is 0.739. The zero-order valence-electron chi connectivity index (χ0n) is 11.5. The topological polar surface area (TPSA) is 84.0 Å². The predicted octanol–water partition coefficient (Wildman–Crippen LogP) is 1.59. The molecule has 5 heteroatoms. The van der Waals surface area contributed by atoms with Crippen LogP contribution in [0.1, 0.15) is 25.8 Å². The van der Waals surface area contributed by atoms with Gasteiger partial charge < -0.3 is 15.5 Å². The van der Waals surface area contributed by atoms with Gasteiger partial charge in [-0.15, -0.1) is 0 Å². The fourth-order valence-electron chi connectivity index (χ4n) is 2.12. The van der Waals surface area contributed by atoms with E-state index < -0.39 is 5.76 Å². The second-order valence-corrected chi connectivity index (χ2v) is 5.65. The standard InChI is InChI=1S/C14H21N3O2/c1-14(2,5-6-15)9-16-8-10-3-4-11-12(7-10)19-13(18)17-11/h3-4,7,16H,5-6,8-9,15H2,1-2H3,(H,17,18). The summed E-state index contributed by atoms with van der Waals surface area (Å²) in [4.78, 5) is 13.7. The number of rotatable bonds is 6. The van der Waals surface area contributed by atoms with E-state index in [0.29, 0.717) is 12.1 Å². The molecular weight excluding hydrogens is 242 g/mol. The Morgan fingerprint density at radius 2 is 2.21 bits per heavy atom. The summed E-state index contributed by atoms with van der Waals surface area (Å²) in [7, 11) is 0. The fraction of sp³-hybridized carbons (Fsp3) is 0.500. The molecule has 0 saturated heterocycles. The number of nitrogens with two attached hydrogens (primary N) is 1. The summed E-state index contributed by atoms with van der Waals surface area (Å²) in [6.45, 7) is 6.75. The Kier molecular flexibility index (Phi) is 4.07. The summed E-state index contributed by atoms with van der Waals surface area (Å²) >= 11 is 0. The Morgan fingerprint density at radius 3 is 2.95 bits per heavy atom. The van der Waals surface area contributed by atoms with Gasteiger partial charge in [0.25, 0.3) is 0 Å². The number of aromatic amines is 1. The van der Waals surface area contributed by atoms with E-state index in [2.05, 4.69) is 24.1 Å². The molecule has 2 aromatic rings. The number of benzene rings is 1. The molecule has 0 radical (unpaired) electrons. The van der Waals surface area contributed by atoms with Crippen molar-refractivity contribution in [3.05, 3.63) is 34.3 Å². The molecule has 0 amide bonds. The van der Waals surface area contributed by atoms with Crippen molar-refractivity contribution in [2.75, 3.05) is 13.1 Å². The largest absolute Gasteiger partial charge is 0.417 e. The van der Waals surface area contributed by atoms with E-state index in [1.807, 2.05) is 18.2 Å². The zero-order valence-corrected chi connectivity index (χ0v) is 11.5. The number of hydrogen-bond donors (Lipinski definition) is 3. The molecule has 0 aliphatic rings. The lowest BCUT2D eigenvalue weighted by Crippen LogP contribution is -2.30. The number of fused-ring (bicyclic) bond motifs is 1. The van der Waals surface area contributed by atoms with Gasteiger partial charge in [0.1, 0.15) is 0 Å². The van der Waals surface area contributed by atoms with Gasteiger partial charge in [-0.25, -0.2) is 4.79 Å². The Morgan fingerprint density at radius 1 is 1.42 bits per heavy atom. The van der Waals surface area contributed by atoms with Crippen molar-refractivity contribution in [2.24, 2.45) is 11.1 Å². The lowest BCUT2D eigenvalue weighted by atomic mass is 9.89. The summed E-state index contributed by atoms with van der Waals surface area (Å²) < 4.78 is 5.04. The molecule has 0 unspecified atom stereocenters. The minimum atomic E-state index is -0.413. The van der Waals surface area contributed by atoms with Crippen LogP contribution in [0.5, 0.6) is 0 Å². The monoisotopic (exact) mass is 263 g/mol. The first-order valence-corrected chi connectivity index (χ1v) is 6.53. The highest BCUT2D eigenvalue weighted by atomic mass is 16.4. The molecule has 0 atom stereocenters. The Bertz CT molecular complexity index is 598. The summed E-state index contributed by atoms with van der Waals surface area (Å²) in [6, 6.07) is 5.73.